The molecule has 1 aromatic carbocycles. The lowest BCUT2D eigenvalue weighted by Gasteiger charge is -2.11. The van der Waals surface area contributed by atoms with E-state index in [2.05, 4.69) is 5.32 Å². The summed E-state index contributed by atoms with van der Waals surface area (Å²) in [6.45, 7) is 3.86. The molecular weight excluding hydrogens is 390 g/mol. The molecule has 1 saturated heterocycles. The summed E-state index contributed by atoms with van der Waals surface area (Å²) in [7, 11) is -1.50. The predicted molar refractivity (Wildman–Crippen MR) is 111 cm³/mol. The third kappa shape index (κ3) is 4.51. The molecule has 2 heterocycles. The number of benzene rings is 1. The zero-order valence-corrected chi connectivity index (χ0v) is 17.4. The summed E-state index contributed by atoms with van der Waals surface area (Å²) >= 11 is 0. The monoisotopic (exact) mass is 413 g/mol. The van der Waals surface area contributed by atoms with Crippen molar-refractivity contribution in [2.24, 2.45) is 0 Å². The third-order valence-corrected chi connectivity index (χ3v) is 6.80. The Balaban J connectivity index is 1.86. The van der Waals surface area contributed by atoms with Crippen molar-refractivity contribution in [3.8, 4) is 17.5 Å². The Bertz CT molecular complexity index is 1110. The number of sulfone groups is 1. The molecule has 2 aromatic rings. The van der Waals surface area contributed by atoms with Crippen molar-refractivity contribution in [3.63, 3.8) is 0 Å². The zero-order valence-electron chi connectivity index (χ0n) is 16.6. The highest BCUT2D eigenvalue weighted by Gasteiger charge is 2.29. The van der Waals surface area contributed by atoms with E-state index in [1.165, 1.54) is 0 Å². The molecule has 152 valence electrons. The topological polar surface area (TPSA) is 101 Å². The van der Waals surface area contributed by atoms with Gasteiger partial charge in [0.1, 0.15) is 17.4 Å². The molecule has 1 N–H and O–H groups in total. The average Bonchev–Trinajstić information content (AvgIpc) is 3.17. The van der Waals surface area contributed by atoms with Crippen molar-refractivity contribution < 1.29 is 17.9 Å². The van der Waals surface area contributed by atoms with Gasteiger partial charge in [0.2, 0.25) is 0 Å². The van der Waals surface area contributed by atoms with Crippen LogP contribution in [-0.4, -0.2) is 43.5 Å². The maximum Gasteiger partial charge on any atom is 0.262 e. The molecule has 1 amide bonds. The Labute approximate surface area is 170 Å². The highest BCUT2D eigenvalue weighted by atomic mass is 32.2. The molecule has 8 heteroatoms. The Kier molecular flexibility index (Phi) is 5.80. The first-order chi connectivity index (χ1) is 13.7. The summed E-state index contributed by atoms with van der Waals surface area (Å²) in [6.07, 6.45) is 1.92. The molecular formula is C21H23N3O4S. The van der Waals surface area contributed by atoms with Crippen molar-refractivity contribution in [2.75, 3.05) is 18.6 Å². The van der Waals surface area contributed by atoms with Gasteiger partial charge < -0.3 is 14.6 Å². The van der Waals surface area contributed by atoms with E-state index in [-0.39, 0.29) is 17.1 Å². The number of carbonyl (C=O) groups is 1. The number of carbonyl (C=O) groups excluding carboxylic acids is 1. The molecule has 29 heavy (non-hydrogen) atoms. The highest BCUT2D eigenvalue weighted by Crippen LogP contribution is 2.24. The maximum atomic E-state index is 12.5. The first-order valence-electron chi connectivity index (χ1n) is 9.20. The number of hydrogen-bond acceptors (Lipinski definition) is 5. The number of ether oxygens (including phenoxy) is 1. The van der Waals surface area contributed by atoms with Gasteiger partial charge in [0.25, 0.3) is 5.91 Å². The van der Waals surface area contributed by atoms with Crippen LogP contribution < -0.4 is 10.1 Å². The number of methoxy groups -OCH3 is 1. The first-order valence-corrected chi connectivity index (χ1v) is 11.0. The van der Waals surface area contributed by atoms with Crippen molar-refractivity contribution in [1.82, 2.24) is 9.88 Å². The molecule has 1 fully saturated rings. The number of aryl methyl sites for hydroxylation is 1. The minimum absolute atomic E-state index is 0.0516. The summed E-state index contributed by atoms with van der Waals surface area (Å²) < 4.78 is 30.4. The van der Waals surface area contributed by atoms with Crippen molar-refractivity contribution >= 4 is 21.8 Å². The van der Waals surface area contributed by atoms with Crippen molar-refractivity contribution in [2.45, 2.75) is 26.3 Å². The third-order valence-electron chi connectivity index (χ3n) is 5.03. The molecule has 0 saturated carbocycles. The quantitative estimate of drug-likeness (QED) is 0.599. The average molecular weight is 413 g/mol. The summed E-state index contributed by atoms with van der Waals surface area (Å²) in [5.74, 6) is 0.188. The van der Waals surface area contributed by atoms with Crippen LogP contribution in [0.5, 0.6) is 5.75 Å². The van der Waals surface area contributed by atoms with Crippen LogP contribution in [0.3, 0.4) is 0 Å². The fourth-order valence-corrected chi connectivity index (χ4v) is 5.21. The van der Waals surface area contributed by atoms with Crippen LogP contribution in [0, 0.1) is 25.2 Å². The van der Waals surface area contributed by atoms with Gasteiger partial charge in [-0.15, -0.1) is 0 Å². The van der Waals surface area contributed by atoms with E-state index >= 15 is 0 Å². The van der Waals surface area contributed by atoms with E-state index in [9.17, 15) is 18.5 Å². The lowest BCUT2D eigenvalue weighted by molar-refractivity contribution is -0.117. The number of aromatic nitrogens is 1. The number of nitrogens with zero attached hydrogens (tertiary/aromatic N) is 2. The molecule has 0 spiro atoms. The van der Waals surface area contributed by atoms with Gasteiger partial charge in [-0.2, -0.15) is 5.26 Å². The predicted octanol–water partition coefficient (Wildman–Crippen LogP) is 2.31. The largest absolute Gasteiger partial charge is 0.497 e. The number of amides is 1. The molecule has 1 aliphatic rings. The van der Waals surface area contributed by atoms with E-state index in [1.54, 1.807) is 13.2 Å². The summed E-state index contributed by atoms with van der Waals surface area (Å²) in [6, 6.07) is 11.0. The van der Waals surface area contributed by atoms with Gasteiger partial charge in [-0.3, -0.25) is 4.79 Å². The van der Waals surface area contributed by atoms with Gasteiger partial charge in [-0.05, 0) is 62.2 Å². The van der Waals surface area contributed by atoms with Gasteiger partial charge >= 0.3 is 0 Å². The van der Waals surface area contributed by atoms with Crippen LogP contribution in [0.2, 0.25) is 0 Å². The second-order valence-corrected chi connectivity index (χ2v) is 9.33. The second kappa shape index (κ2) is 8.13. The summed E-state index contributed by atoms with van der Waals surface area (Å²) in [5.41, 5.74) is 3.49. The van der Waals surface area contributed by atoms with Crippen LogP contribution >= 0.6 is 0 Å². The molecule has 1 atom stereocenters. The summed E-state index contributed by atoms with van der Waals surface area (Å²) in [4.78, 5) is 12.5. The lowest BCUT2D eigenvalue weighted by Crippen LogP contribution is -2.36. The molecule has 0 radical (unpaired) electrons. The van der Waals surface area contributed by atoms with Crippen LogP contribution in [0.4, 0.5) is 0 Å². The summed E-state index contributed by atoms with van der Waals surface area (Å²) in [5, 5.41) is 12.1. The Morgan fingerprint density at radius 1 is 1.31 bits per heavy atom. The Morgan fingerprint density at radius 3 is 2.55 bits per heavy atom. The van der Waals surface area contributed by atoms with Gasteiger partial charge in [0.05, 0.1) is 18.6 Å². The molecule has 0 bridgehead atoms. The smallest absolute Gasteiger partial charge is 0.262 e. The van der Waals surface area contributed by atoms with E-state index in [0.29, 0.717) is 6.42 Å². The molecule has 7 nitrogen and oxygen atoms in total. The first kappa shape index (κ1) is 20.7. The minimum Gasteiger partial charge on any atom is -0.497 e. The van der Waals surface area contributed by atoms with Gasteiger partial charge in [0.15, 0.2) is 9.84 Å². The Morgan fingerprint density at radius 2 is 2.00 bits per heavy atom. The maximum absolute atomic E-state index is 12.5. The SMILES string of the molecule is COc1ccc(-n2c(C)cc(C=C(C#N)C(=O)NC3CCS(=O)(=O)C3)c2C)cc1. The van der Waals surface area contributed by atoms with Crippen molar-refractivity contribution in [1.29, 1.82) is 5.26 Å². The number of rotatable bonds is 5. The van der Waals surface area contributed by atoms with Gasteiger partial charge in [-0.1, -0.05) is 0 Å². The van der Waals surface area contributed by atoms with E-state index in [1.807, 2.05) is 54.8 Å². The van der Waals surface area contributed by atoms with Gasteiger partial charge in [-0.25, -0.2) is 8.42 Å². The van der Waals surface area contributed by atoms with Crippen LogP contribution in [0.25, 0.3) is 11.8 Å². The lowest BCUT2D eigenvalue weighted by atomic mass is 10.1. The Hall–Kier alpha value is -3.05. The van der Waals surface area contributed by atoms with Crippen molar-refractivity contribution in [3.05, 3.63) is 52.9 Å². The normalized spacial score (nSPS) is 18.3. The van der Waals surface area contributed by atoms with Gasteiger partial charge in [0, 0.05) is 23.1 Å². The van der Waals surface area contributed by atoms with Crippen LogP contribution in [-0.2, 0) is 14.6 Å². The highest BCUT2D eigenvalue weighted by molar-refractivity contribution is 7.91. The molecule has 0 aliphatic carbocycles. The molecule has 3 rings (SSSR count). The fraction of sp³-hybridized carbons (Fsp3) is 0.333. The van der Waals surface area contributed by atoms with E-state index in [4.69, 9.17) is 4.74 Å². The standard InChI is InChI=1S/C21H23N3O4S/c1-14-10-16(15(2)24(14)19-4-6-20(28-3)7-5-19)11-17(12-22)21(25)23-18-8-9-29(26,27)13-18/h4-7,10-11,18H,8-9,13H2,1-3H3,(H,23,25). The second-order valence-electron chi connectivity index (χ2n) is 7.10. The van der Waals surface area contributed by atoms with E-state index < -0.39 is 21.8 Å². The molecule has 1 aliphatic heterocycles. The number of nitriles is 1. The molecule has 1 unspecified atom stereocenters. The zero-order chi connectivity index (χ0) is 21.2. The molecule has 1 aromatic heterocycles. The fourth-order valence-electron chi connectivity index (χ4n) is 3.54. The minimum atomic E-state index is -3.11. The van der Waals surface area contributed by atoms with Crippen LogP contribution in [0.15, 0.2) is 35.9 Å². The number of nitrogens with one attached hydrogen (secondary N) is 1. The van der Waals surface area contributed by atoms with E-state index in [0.717, 1.165) is 28.4 Å². The number of hydrogen-bond donors (Lipinski definition) is 1. The van der Waals surface area contributed by atoms with Crippen LogP contribution in [0.1, 0.15) is 23.4 Å².